The summed E-state index contributed by atoms with van der Waals surface area (Å²) in [5, 5.41) is 3.15. The van der Waals surface area contributed by atoms with Gasteiger partial charge < -0.3 is 5.73 Å². The molecule has 1 rings (SSSR count). The average Bonchev–Trinajstić information content (AvgIpc) is 2.42. The molecule has 0 aliphatic carbocycles. The number of carbonyl (C=O) groups excluding carboxylic acids is 1. The number of carbonyl (C=O) groups is 1. The van der Waals surface area contributed by atoms with Gasteiger partial charge in [-0.2, -0.15) is 0 Å². The molecule has 0 bridgehead atoms. The first-order valence-corrected chi connectivity index (χ1v) is 6.34. The minimum atomic E-state index is -0.389. The van der Waals surface area contributed by atoms with Gasteiger partial charge in [0.2, 0.25) is 5.91 Å². The zero-order valence-electron chi connectivity index (χ0n) is 9.00. The van der Waals surface area contributed by atoms with E-state index in [0.29, 0.717) is 0 Å². The highest BCUT2D eigenvalue weighted by Crippen LogP contribution is 2.30. The monoisotopic (exact) mass is 290 g/mol. The molecule has 0 aliphatic heterocycles. The second-order valence-corrected chi connectivity index (χ2v) is 5.85. The van der Waals surface area contributed by atoms with Crippen LogP contribution in [0.2, 0.25) is 0 Å². The van der Waals surface area contributed by atoms with E-state index >= 15 is 0 Å². The van der Waals surface area contributed by atoms with E-state index in [1.165, 1.54) is 0 Å². The van der Waals surface area contributed by atoms with Crippen molar-refractivity contribution in [2.45, 2.75) is 32.9 Å². The first-order chi connectivity index (χ1) is 6.91. The number of nitrogens with two attached hydrogens (primary N) is 1. The highest BCUT2D eigenvalue weighted by atomic mass is 79.9. The molecule has 1 heterocycles. The van der Waals surface area contributed by atoms with Crippen molar-refractivity contribution in [3.63, 3.8) is 0 Å². The number of rotatable bonds is 4. The molecule has 3 N–H and O–H groups in total. The Balaban J connectivity index is 2.94. The Bertz CT molecular complexity index is 343. The van der Waals surface area contributed by atoms with Crippen LogP contribution in [-0.2, 0) is 4.79 Å². The lowest BCUT2D eigenvalue weighted by molar-refractivity contribution is -0.120. The van der Waals surface area contributed by atoms with Crippen molar-refractivity contribution in [1.82, 2.24) is 5.32 Å². The quantitative estimate of drug-likeness (QED) is 0.894. The van der Waals surface area contributed by atoms with Gasteiger partial charge in [0.15, 0.2) is 0 Å². The number of nitrogens with one attached hydrogen (secondary N) is 1. The number of hydrogen-bond acceptors (Lipinski definition) is 3. The van der Waals surface area contributed by atoms with Crippen molar-refractivity contribution in [2.75, 3.05) is 0 Å². The van der Waals surface area contributed by atoms with Gasteiger partial charge >= 0.3 is 0 Å². The zero-order chi connectivity index (χ0) is 11.6. The van der Waals surface area contributed by atoms with Gasteiger partial charge in [0.05, 0.1) is 0 Å². The largest absolute Gasteiger partial charge is 0.368 e. The molecule has 1 aromatic rings. The third-order valence-electron chi connectivity index (χ3n) is 1.95. The van der Waals surface area contributed by atoms with E-state index in [9.17, 15) is 4.79 Å². The average molecular weight is 291 g/mol. The molecule has 1 aromatic heterocycles. The molecule has 1 atom stereocenters. The van der Waals surface area contributed by atoms with E-state index in [2.05, 4.69) is 21.2 Å². The fourth-order valence-electron chi connectivity index (χ4n) is 1.26. The summed E-state index contributed by atoms with van der Waals surface area (Å²) in [6.07, 6.45) is 0. The van der Waals surface area contributed by atoms with Crippen LogP contribution in [-0.4, -0.2) is 11.9 Å². The van der Waals surface area contributed by atoms with Crippen molar-refractivity contribution in [2.24, 2.45) is 5.73 Å². The molecule has 0 aliphatic rings. The van der Waals surface area contributed by atoms with Gasteiger partial charge in [-0.25, -0.2) is 0 Å². The molecule has 0 radical (unpaired) electrons. The normalized spacial score (nSPS) is 13.1. The summed E-state index contributed by atoms with van der Waals surface area (Å²) in [7, 11) is 0. The molecule has 0 fully saturated rings. The maximum atomic E-state index is 11.3. The molecule has 15 heavy (non-hydrogen) atoms. The lowest BCUT2D eigenvalue weighted by atomic mass is 10.2. The smallest absolute Gasteiger partial charge is 0.240 e. The lowest BCUT2D eigenvalue weighted by Crippen LogP contribution is -2.36. The molecule has 0 aromatic carbocycles. The Morgan fingerprint density at radius 2 is 2.20 bits per heavy atom. The molecule has 1 amide bonds. The van der Waals surface area contributed by atoms with Crippen molar-refractivity contribution in [3.8, 4) is 0 Å². The van der Waals surface area contributed by atoms with Gasteiger partial charge in [0.1, 0.15) is 6.04 Å². The van der Waals surface area contributed by atoms with Gasteiger partial charge in [-0.1, -0.05) is 0 Å². The minimum Gasteiger partial charge on any atom is -0.368 e. The molecule has 0 saturated heterocycles. The summed E-state index contributed by atoms with van der Waals surface area (Å²) in [6, 6.07) is 1.79. The molecular weight excluding hydrogens is 276 g/mol. The highest BCUT2D eigenvalue weighted by Gasteiger charge is 2.21. The van der Waals surface area contributed by atoms with E-state index in [4.69, 9.17) is 5.73 Å². The third kappa shape index (κ3) is 3.29. The fraction of sp³-hybridized carbons (Fsp3) is 0.500. The van der Waals surface area contributed by atoms with E-state index in [1.54, 1.807) is 11.3 Å². The Kier molecular flexibility index (Phi) is 4.31. The summed E-state index contributed by atoms with van der Waals surface area (Å²) < 4.78 is 1.03. The third-order valence-corrected chi connectivity index (χ3v) is 4.15. The first kappa shape index (κ1) is 12.7. The summed E-state index contributed by atoms with van der Waals surface area (Å²) >= 11 is 5.01. The summed E-state index contributed by atoms with van der Waals surface area (Å²) in [5.74, 6) is -0.336. The molecular formula is C10H15BrN2OS. The lowest BCUT2D eigenvalue weighted by Gasteiger charge is -2.16. The Morgan fingerprint density at radius 3 is 2.53 bits per heavy atom. The number of halogens is 1. The number of aryl methyl sites for hydroxylation is 1. The number of amides is 1. The predicted octanol–water partition coefficient (Wildman–Crippen LogP) is 2.34. The van der Waals surface area contributed by atoms with Crippen molar-refractivity contribution >= 4 is 33.2 Å². The van der Waals surface area contributed by atoms with Crippen LogP contribution < -0.4 is 11.1 Å². The fourth-order valence-corrected chi connectivity index (χ4v) is 2.89. The summed E-state index contributed by atoms with van der Waals surface area (Å²) in [6.45, 7) is 5.99. The standard InChI is InChI=1S/C10H15BrN2OS/c1-5(2)13-9(10(12)14)8-4-7(11)6(3)15-8/h4-5,9,13H,1-3H3,(H2,12,14). The van der Waals surface area contributed by atoms with Crippen LogP contribution in [0.5, 0.6) is 0 Å². The molecule has 0 spiro atoms. The second kappa shape index (κ2) is 5.09. The van der Waals surface area contributed by atoms with Crippen molar-refractivity contribution in [3.05, 3.63) is 20.3 Å². The van der Waals surface area contributed by atoms with Crippen LogP contribution >= 0.6 is 27.3 Å². The number of hydrogen-bond donors (Lipinski definition) is 2. The molecule has 84 valence electrons. The molecule has 3 nitrogen and oxygen atoms in total. The molecule has 1 unspecified atom stereocenters. The van der Waals surface area contributed by atoms with E-state index < -0.39 is 0 Å². The molecule has 5 heteroatoms. The van der Waals surface area contributed by atoms with E-state index in [1.807, 2.05) is 26.8 Å². The van der Waals surface area contributed by atoms with Gasteiger partial charge in [0, 0.05) is 20.3 Å². The maximum Gasteiger partial charge on any atom is 0.240 e. The van der Waals surface area contributed by atoms with Gasteiger partial charge in [0.25, 0.3) is 0 Å². The van der Waals surface area contributed by atoms with Gasteiger partial charge in [-0.05, 0) is 42.8 Å². The summed E-state index contributed by atoms with van der Waals surface area (Å²) in [5.41, 5.74) is 5.37. The predicted molar refractivity (Wildman–Crippen MR) is 67.0 cm³/mol. The number of thiophene rings is 1. The van der Waals surface area contributed by atoms with Gasteiger partial charge in [-0.15, -0.1) is 11.3 Å². The SMILES string of the molecule is Cc1sc(C(NC(C)C)C(N)=O)cc1Br. The van der Waals surface area contributed by atoms with Crippen LogP contribution in [0.4, 0.5) is 0 Å². The van der Waals surface area contributed by atoms with E-state index in [0.717, 1.165) is 14.2 Å². The van der Waals surface area contributed by atoms with E-state index in [-0.39, 0.29) is 18.0 Å². The van der Waals surface area contributed by atoms with Crippen LogP contribution in [0.15, 0.2) is 10.5 Å². The van der Waals surface area contributed by atoms with Crippen molar-refractivity contribution in [1.29, 1.82) is 0 Å². The van der Waals surface area contributed by atoms with Crippen LogP contribution in [0.25, 0.3) is 0 Å². The van der Waals surface area contributed by atoms with Crippen LogP contribution in [0, 0.1) is 6.92 Å². The Morgan fingerprint density at radius 1 is 1.60 bits per heavy atom. The number of primary amides is 1. The second-order valence-electron chi connectivity index (χ2n) is 3.71. The Labute approximate surface area is 102 Å². The maximum absolute atomic E-state index is 11.3. The zero-order valence-corrected chi connectivity index (χ0v) is 11.4. The van der Waals surface area contributed by atoms with Crippen LogP contribution in [0.1, 0.15) is 29.6 Å². The minimum absolute atomic E-state index is 0.226. The highest BCUT2D eigenvalue weighted by molar-refractivity contribution is 9.10. The molecule has 0 saturated carbocycles. The van der Waals surface area contributed by atoms with Crippen molar-refractivity contribution < 1.29 is 4.79 Å². The topological polar surface area (TPSA) is 55.1 Å². The Hall–Kier alpha value is -0.390. The van der Waals surface area contributed by atoms with Crippen LogP contribution in [0.3, 0.4) is 0 Å². The first-order valence-electron chi connectivity index (χ1n) is 4.73. The van der Waals surface area contributed by atoms with Gasteiger partial charge in [-0.3, -0.25) is 10.1 Å². The summed E-state index contributed by atoms with van der Waals surface area (Å²) in [4.78, 5) is 13.4.